The molecule has 26 heavy (non-hydrogen) atoms. The van der Waals surface area contributed by atoms with Crippen LogP contribution in [0.25, 0.3) is 5.65 Å². The molecule has 0 aliphatic carbocycles. The molecule has 0 bridgehead atoms. The molecule has 0 atom stereocenters. The van der Waals surface area contributed by atoms with E-state index in [-0.39, 0.29) is 11.8 Å². The molecule has 0 radical (unpaired) electrons. The maximum absolute atomic E-state index is 12.7. The molecule has 1 aromatic carbocycles. The van der Waals surface area contributed by atoms with Crippen molar-refractivity contribution in [3.8, 4) is 5.88 Å². The van der Waals surface area contributed by atoms with Gasteiger partial charge in [0.05, 0.1) is 6.20 Å². The SMILES string of the molecule is Cc1nc2c(C(=O)N3CCCC3)cnn2c(O)c1Cc1ccccc1Cl. The Morgan fingerprint density at radius 3 is 2.73 bits per heavy atom. The molecule has 1 saturated heterocycles. The predicted molar refractivity (Wildman–Crippen MR) is 98.8 cm³/mol. The zero-order valence-corrected chi connectivity index (χ0v) is 15.2. The van der Waals surface area contributed by atoms with Gasteiger partial charge in [-0.3, -0.25) is 4.79 Å². The molecule has 1 fully saturated rings. The summed E-state index contributed by atoms with van der Waals surface area (Å²) >= 11 is 6.24. The third-order valence-corrected chi connectivity index (χ3v) is 5.24. The van der Waals surface area contributed by atoms with E-state index in [4.69, 9.17) is 11.6 Å². The molecular formula is C19H19ClN4O2. The summed E-state index contributed by atoms with van der Waals surface area (Å²) in [5.74, 6) is -0.0875. The minimum Gasteiger partial charge on any atom is -0.493 e. The molecule has 3 aromatic rings. The second-order valence-corrected chi connectivity index (χ2v) is 6.97. The van der Waals surface area contributed by atoms with E-state index in [9.17, 15) is 9.90 Å². The van der Waals surface area contributed by atoms with Crippen LogP contribution in [0, 0.1) is 6.92 Å². The number of halogens is 1. The summed E-state index contributed by atoms with van der Waals surface area (Å²) < 4.78 is 1.34. The minimum atomic E-state index is -0.0809. The molecule has 0 unspecified atom stereocenters. The monoisotopic (exact) mass is 370 g/mol. The van der Waals surface area contributed by atoms with Gasteiger partial charge in [0.25, 0.3) is 5.91 Å². The summed E-state index contributed by atoms with van der Waals surface area (Å²) in [6, 6.07) is 7.50. The number of likely N-dealkylation sites (tertiary alicyclic amines) is 1. The summed E-state index contributed by atoms with van der Waals surface area (Å²) in [4.78, 5) is 19.1. The first kappa shape index (κ1) is 16.8. The molecule has 3 heterocycles. The Kier molecular flexibility index (Phi) is 4.28. The summed E-state index contributed by atoms with van der Waals surface area (Å²) in [6.07, 6.45) is 3.96. The zero-order valence-electron chi connectivity index (χ0n) is 14.4. The Balaban J connectivity index is 1.76. The molecule has 134 valence electrons. The van der Waals surface area contributed by atoms with Gasteiger partial charge < -0.3 is 10.0 Å². The number of aryl methyl sites for hydroxylation is 1. The predicted octanol–water partition coefficient (Wildman–Crippen LogP) is 3.22. The number of benzene rings is 1. The third kappa shape index (κ3) is 2.80. The van der Waals surface area contributed by atoms with Gasteiger partial charge in [-0.2, -0.15) is 9.61 Å². The van der Waals surface area contributed by atoms with Crippen molar-refractivity contribution in [2.45, 2.75) is 26.2 Å². The van der Waals surface area contributed by atoms with Gasteiger partial charge in [-0.05, 0) is 31.4 Å². The molecule has 7 heteroatoms. The molecule has 1 aliphatic rings. The first-order chi connectivity index (χ1) is 12.6. The van der Waals surface area contributed by atoms with Crippen molar-refractivity contribution < 1.29 is 9.90 Å². The second kappa shape index (κ2) is 6.61. The van der Waals surface area contributed by atoms with E-state index >= 15 is 0 Å². The summed E-state index contributed by atoms with van der Waals surface area (Å²) in [7, 11) is 0. The lowest BCUT2D eigenvalue weighted by Gasteiger charge is -2.14. The van der Waals surface area contributed by atoms with Gasteiger partial charge in [0.1, 0.15) is 5.56 Å². The van der Waals surface area contributed by atoms with Gasteiger partial charge in [-0.25, -0.2) is 4.98 Å². The number of nitrogens with zero attached hydrogens (tertiary/aromatic N) is 4. The first-order valence-corrected chi connectivity index (χ1v) is 9.03. The Morgan fingerprint density at radius 2 is 2.00 bits per heavy atom. The second-order valence-electron chi connectivity index (χ2n) is 6.56. The maximum Gasteiger partial charge on any atom is 0.259 e. The van der Waals surface area contributed by atoms with Crippen LogP contribution in [0.1, 0.15) is 40.0 Å². The average Bonchev–Trinajstić information content (AvgIpc) is 3.29. The number of amides is 1. The van der Waals surface area contributed by atoms with Crippen LogP contribution in [0.4, 0.5) is 0 Å². The third-order valence-electron chi connectivity index (χ3n) is 4.87. The highest BCUT2D eigenvalue weighted by molar-refractivity contribution is 6.31. The van der Waals surface area contributed by atoms with Crippen molar-refractivity contribution in [2.24, 2.45) is 0 Å². The van der Waals surface area contributed by atoms with Crippen LogP contribution in [0.3, 0.4) is 0 Å². The topological polar surface area (TPSA) is 70.7 Å². The highest BCUT2D eigenvalue weighted by Crippen LogP contribution is 2.28. The van der Waals surface area contributed by atoms with E-state index in [0.29, 0.717) is 33.9 Å². The highest BCUT2D eigenvalue weighted by atomic mass is 35.5. The normalized spacial score (nSPS) is 14.3. The lowest BCUT2D eigenvalue weighted by atomic mass is 10.0. The first-order valence-electron chi connectivity index (χ1n) is 8.65. The highest BCUT2D eigenvalue weighted by Gasteiger charge is 2.25. The van der Waals surface area contributed by atoms with Crippen LogP contribution in [0.15, 0.2) is 30.5 Å². The maximum atomic E-state index is 12.7. The number of rotatable bonds is 3. The van der Waals surface area contributed by atoms with Crippen LogP contribution in [-0.4, -0.2) is 43.6 Å². The van der Waals surface area contributed by atoms with E-state index in [1.54, 1.807) is 0 Å². The number of fused-ring (bicyclic) bond motifs is 1. The minimum absolute atomic E-state index is 0.00658. The fourth-order valence-electron chi connectivity index (χ4n) is 3.40. The van der Waals surface area contributed by atoms with Crippen LogP contribution in [-0.2, 0) is 6.42 Å². The standard InChI is InChI=1S/C19H19ClN4O2/c1-12-14(10-13-6-2-3-7-16(13)20)19(26)24-17(22-12)15(11-21-24)18(25)23-8-4-5-9-23/h2-3,6-7,11,26H,4-5,8-10H2,1H3. The molecule has 1 amide bonds. The lowest BCUT2D eigenvalue weighted by molar-refractivity contribution is 0.0794. The zero-order chi connectivity index (χ0) is 18.3. The number of aromatic hydroxyl groups is 1. The Labute approximate surface area is 156 Å². The van der Waals surface area contributed by atoms with E-state index in [1.165, 1.54) is 10.7 Å². The number of carbonyl (C=O) groups excluding carboxylic acids is 1. The van der Waals surface area contributed by atoms with Crippen LogP contribution < -0.4 is 0 Å². The van der Waals surface area contributed by atoms with Gasteiger partial charge in [-0.1, -0.05) is 29.8 Å². The molecule has 0 spiro atoms. The van der Waals surface area contributed by atoms with E-state index in [0.717, 1.165) is 31.5 Å². The van der Waals surface area contributed by atoms with E-state index < -0.39 is 0 Å². The van der Waals surface area contributed by atoms with Crippen molar-refractivity contribution in [1.29, 1.82) is 0 Å². The van der Waals surface area contributed by atoms with Gasteiger partial charge in [-0.15, -0.1) is 0 Å². The smallest absolute Gasteiger partial charge is 0.259 e. The molecule has 0 saturated carbocycles. The van der Waals surface area contributed by atoms with Crippen molar-refractivity contribution in [3.05, 3.63) is 57.9 Å². The molecule has 1 aliphatic heterocycles. The number of hydrogen-bond acceptors (Lipinski definition) is 4. The summed E-state index contributed by atoms with van der Waals surface area (Å²) in [5, 5.41) is 15.6. The van der Waals surface area contributed by atoms with Crippen molar-refractivity contribution >= 4 is 23.2 Å². The van der Waals surface area contributed by atoms with E-state index in [1.807, 2.05) is 36.1 Å². The summed E-state index contributed by atoms with van der Waals surface area (Å²) in [6.45, 7) is 3.33. The van der Waals surface area contributed by atoms with Crippen molar-refractivity contribution in [1.82, 2.24) is 19.5 Å². The van der Waals surface area contributed by atoms with Gasteiger partial charge >= 0.3 is 0 Å². The van der Waals surface area contributed by atoms with Crippen molar-refractivity contribution in [2.75, 3.05) is 13.1 Å². The number of aromatic nitrogens is 3. The molecule has 4 rings (SSSR count). The van der Waals surface area contributed by atoms with Gasteiger partial charge in [0.15, 0.2) is 5.65 Å². The molecular weight excluding hydrogens is 352 g/mol. The molecule has 2 aromatic heterocycles. The largest absolute Gasteiger partial charge is 0.493 e. The Bertz CT molecular complexity index is 993. The fraction of sp³-hybridized carbons (Fsp3) is 0.316. The van der Waals surface area contributed by atoms with Crippen LogP contribution >= 0.6 is 11.6 Å². The van der Waals surface area contributed by atoms with Crippen molar-refractivity contribution in [3.63, 3.8) is 0 Å². The van der Waals surface area contributed by atoms with Crippen LogP contribution in [0.5, 0.6) is 5.88 Å². The summed E-state index contributed by atoms with van der Waals surface area (Å²) in [5.41, 5.74) is 3.02. The fourth-order valence-corrected chi connectivity index (χ4v) is 3.60. The average molecular weight is 371 g/mol. The van der Waals surface area contributed by atoms with Gasteiger partial charge in [0.2, 0.25) is 5.88 Å². The number of carbonyl (C=O) groups is 1. The Morgan fingerprint density at radius 1 is 1.27 bits per heavy atom. The van der Waals surface area contributed by atoms with Crippen LogP contribution in [0.2, 0.25) is 5.02 Å². The van der Waals surface area contributed by atoms with E-state index in [2.05, 4.69) is 10.1 Å². The quantitative estimate of drug-likeness (QED) is 0.768. The molecule has 1 N–H and O–H groups in total. The number of hydrogen-bond donors (Lipinski definition) is 1. The van der Waals surface area contributed by atoms with Gasteiger partial charge in [0, 0.05) is 35.8 Å². The molecule has 6 nitrogen and oxygen atoms in total. The lowest BCUT2D eigenvalue weighted by Crippen LogP contribution is -2.27. The Hall–Kier alpha value is -2.60.